The highest BCUT2D eigenvalue weighted by molar-refractivity contribution is 5.96. The van der Waals surface area contributed by atoms with E-state index in [9.17, 15) is 4.79 Å². The maximum absolute atomic E-state index is 11.0. The normalized spacial score (nSPS) is 10.0. The largest absolute Gasteiger partial charge is 0.379 e. The van der Waals surface area contributed by atoms with Crippen LogP contribution in [0.3, 0.4) is 0 Å². The van der Waals surface area contributed by atoms with E-state index in [4.69, 9.17) is 5.73 Å². The van der Waals surface area contributed by atoms with Crippen LogP contribution in [-0.2, 0) is 6.54 Å². The molecule has 0 atom stereocenters. The minimum Gasteiger partial charge on any atom is -0.379 e. The highest BCUT2D eigenvalue weighted by atomic mass is 16.1. The molecule has 0 aliphatic rings. The van der Waals surface area contributed by atoms with Crippen molar-refractivity contribution in [2.75, 3.05) is 5.32 Å². The maximum atomic E-state index is 11.0. The summed E-state index contributed by atoms with van der Waals surface area (Å²) in [6.07, 6.45) is 1.69. The average molecular weight is 215 g/mol. The van der Waals surface area contributed by atoms with Crippen molar-refractivity contribution >= 4 is 11.6 Å². The van der Waals surface area contributed by atoms with E-state index in [1.54, 1.807) is 12.3 Å². The average Bonchev–Trinajstić information content (AvgIpc) is 2.76. The van der Waals surface area contributed by atoms with Gasteiger partial charge in [-0.3, -0.25) is 4.79 Å². The molecule has 0 aliphatic carbocycles. The molecular weight excluding hydrogens is 202 g/mol. The van der Waals surface area contributed by atoms with Crippen molar-refractivity contribution in [2.24, 2.45) is 5.73 Å². The monoisotopic (exact) mass is 215 g/mol. The number of amides is 1. The Morgan fingerprint density at radius 1 is 1.25 bits per heavy atom. The second-order valence-corrected chi connectivity index (χ2v) is 3.47. The van der Waals surface area contributed by atoms with E-state index in [1.165, 1.54) is 0 Å². The van der Waals surface area contributed by atoms with Gasteiger partial charge in [0.1, 0.15) is 5.69 Å². The van der Waals surface area contributed by atoms with E-state index < -0.39 is 5.91 Å². The van der Waals surface area contributed by atoms with Gasteiger partial charge in [-0.05, 0) is 11.6 Å². The summed E-state index contributed by atoms with van der Waals surface area (Å²) < 4.78 is 0. The van der Waals surface area contributed by atoms with Crippen LogP contribution in [0.2, 0.25) is 0 Å². The predicted molar refractivity (Wildman–Crippen MR) is 63.1 cm³/mol. The highest BCUT2D eigenvalue weighted by Crippen LogP contribution is 2.13. The second kappa shape index (κ2) is 4.53. The molecule has 82 valence electrons. The third-order valence-corrected chi connectivity index (χ3v) is 2.32. The van der Waals surface area contributed by atoms with E-state index in [0.29, 0.717) is 12.2 Å². The van der Waals surface area contributed by atoms with Gasteiger partial charge >= 0.3 is 0 Å². The van der Waals surface area contributed by atoms with Crippen molar-refractivity contribution < 1.29 is 4.79 Å². The number of rotatable bonds is 4. The van der Waals surface area contributed by atoms with Crippen LogP contribution in [0.15, 0.2) is 42.6 Å². The first-order valence-corrected chi connectivity index (χ1v) is 5.02. The predicted octanol–water partition coefficient (Wildman–Crippen LogP) is 1.73. The van der Waals surface area contributed by atoms with E-state index >= 15 is 0 Å². The van der Waals surface area contributed by atoms with Crippen molar-refractivity contribution in [3.8, 4) is 0 Å². The Balaban J connectivity index is 2.05. The Labute approximate surface area is 93.5 Å². The van der Waals surface area contributed by atoms with E-state index in [1.807, 2.05) is 30.3 Å². The number of nitrogens with two attached hydrogens (primary N) is 1. The Kier molecular flexibility index (Phi) is 2.91. The Morgan fingerprint density at radius 2 is 2.00 bits per heavy atom. The molecule has 4 heteroatoms. The number of aromatic nitrogens is 1. The Morgan fingerprint density at radius 3 is 2.69 bits per heavy atom. The number of carbonyl (C=O) groups excluding carboxylic acids is 1. The molecule has 0 saturated carbocycles. The maximum Gasteiger partial charge on any atom is 0.267 e. The summed E-state index contributed by atoms with van der Waals surface area (Å²) in [7, 11) is 0. The first-order valence-electron chi connectivity index (χ1n) is 5.02. The number of hydrogen-bond donors (Lipinski definition) is 3. The molecule has 0 radical (unpaired) electrons. The molecule has 0 aliphatic heterocycles. The first kappa shape index (κ1) is 10.3. The van der Waals surface area contributed by atoms with Crippen LogP contribution in [0.4, 0.5) is 5.69 Å². The molecule has 1 aromatic heterocycles. The fourth-order valence-corrected chi connectivity index (χ4v) is 1.51. The molecule has 0 spiro atoms. The van der Waals surface area contributed by atoms with Crippen LogP contribution in [0.1, 0.15) is 16.1 Å². The van der Waals surface area contributed by atoms with Crippen molar-refractivity contribution in [3.05, 3.63) is 53.9 Å². The third-order valence-electron chi connectivity index (χ3n) is 2.32. The molecular formula is C12H13N3O. The second-order valence-electron chi connectivity index (χ2n) is 3.47. The Hall–Kier alpha value is -2.23. The molecule has 0 bridgehead atoms. The summed E-state index contributed by atoms with van der Waals surface area (Å²) in [5.41, 5.74) is 7.52. The van der Waals surface area contributed by atoms with Gasteiger partial charge in [-0.1, -0.05) is 30.3 Å². The number of hydrogen-bond acceptors (Lipinski definition) is 2. The summed E-state index contributed by atoms with van der Waals surface area (Å²) in [5.74, 6) is -0.458. The van der Waals surface area contributed by atoms with E-state index in [2.05, 4.69) is 10.3 Å². The summed E-state index contributed by atoms with van der Waals surface area (Å²) in [6.45, 7) is 0.666. The lowest BCUT2D eigenvalue weighted by atomic mass is 10.2. The zero-order chi connectivity index (χ0) is 11.4. The van der Waals surface area contributed by atoms with Crippen molar-refractivity contribution in [3.63, 3.8) is 0 Å². The minimum absolute atomic E-state index is 0.413. The first-order chi connectivity index (χ1) is 7.77. The molecule has 16 heavy (non-hydrogen) atoms. The van der Waals surface area contributed by atoms with Crippen LogP contribution < -0.4 is 11.1 Å². The fraction of sp³-hybridized carbons (Fsp3) is 0.0833. The van der Waals surface area contributed by atoms with Gasteiger partial charge in [-0.25, -0.2) is 0 Å². The van der Waals surface area contributed by atoms with E-state index in [-0.39, 0.29) is 0 Å². The van der Waals surface area contributed by atoms with Gasteiger partial charge in [0.25, 0.3) is 5.91 Å². The van der Waals surface area contributed by atoms with Crippen molar-refractivity contribution in [1.29, 1.82) is 0 Å². The van der Waals surface area contributed by atoms with Crippen molar-refractivity contribution in [1.82, 2.24) is 4.98 Å². The molecule has 2 aromatic rings. The number of anilines is 1. The molecule has 4 N–H and O–H groups in total. The number of H-pyrrole nitrogens is 1. The van der Waals surface area contributed by atoms with Crippen LogP contribution in [0, 0.1) is 0 Å². The van der Waals surface area contributed by atoms with Gasteiger partial charge in [0.2, 0.25) is 0 Å². The molecule has 1 heterocycles. The molecule has 2 rings (SSSR count). The fourth-order valence-electron chi connectivity index (χ4n) is 1.51. The third kappa shape index (κ3) is 2.23. The molecule has 0 saturated heterocycles. The van der Waals surface area contributed by atoms with Crippen LogP contribution in [0.5, 0.6) is 0 Å². The lowest BCUT2D eigenvalue weighted by molar-refractivity contribution is 0.0997. The van der Waals surface area contributed by atoms with E-state index in [0.717, 1.165) is 11.3 Å². The molecule has 1 amide bonds. The van der Waals surface area contributed by atoms with Gasteiger partial charge in [0, 0.05) is 12.7 Å². The van der Waals surface area contributed by atoms with Crippen LogP contribution in [-0.4, -0.2) is 10.9 Å². The van der Waals surface area contributed by atoms with Gasteiger partial charge in [0.15, 0.2) is 0 Å². The summed E-state index contributed by atoms with van der Waals surface area (Å²) >= 11 is 0. The van der Waals surface area contributed by atoms with Gasteiger partial charge in [0.05, 0.1) is 5.69 Å². The Bertz CT molecular complexity index is 476. The van der Waals surface area contributed by atoms with Crippen LogP contribution >= 0.6 is 0 Å². The minimum atomic E-state index is -0.458. The summed E-state index contributed by atoms with van der Waals surface area (Å²) in [6, 6.07) is 11.7. The standard InChI is InChI=1S/C12H13N3O/c13-12(16)11-10(6-7-14-11)15-8-9-4-2-1-3-5-9/h1-7,14-15H,8H2,(H2,13,16). The zero-order valence-corrected chi connectivity index (χ0v) is 8.73. The van der Waals surface area contributed by atoms with Gasteiger partial charge < -0.3 is 16.0 Å². The number of aromatic amines is 1. The van der Waals surface area contributed by atoms with Gasteiger partial charge in [-0.15, -0.1) is 0 Å². The number of primary amides is 1. The molecule has 0 fully saturated rings. The SMILES string of the molecule is NC(=O)c1[nH]ccc1NCc1ccccc1. The van der Waals surface area contributed by atoms with Crippen molar-refractivity contribution in [2.45, 2.75) is 6.54 Å². The number of nitrogens with one attached hydrogen (secondary N) is 2. The lowest BCUT2D eigenvalue weighted by Crippen LogP contribution is -2.14. The molecule has 4 nitrogen and oxygen atoms in total. The quantitative estimate of drug-likeness (QED) is 0.726. The number of carbonyl (C=O) groups is 1. The van der Waals surface area contributed by atoms with Gasteiger partial charge in [-0.2, -0.15) is 0 Å². The molecule has 0 unspecified atom stereocenters. The summed E-state index contributed by atoms with van der Waals surface area (Å²) in [4.78, 5) is 13.8. The number of benzene rings is 1. The summed E-state index contributed by atoms with van der Waals surface area (Å²) in [5, 5.41) is 3.16. The topological polar surface area (TPSA) is 70.9 Å². The highest BCUT2D eigenvalue weighted by Gasteiger charge is 2.07. The zero-order valence-electron chi connectivity index (χ0n) is 8.73. The molecule has 1 aromatic carbocycles. The van der Waals surface area contributed by atoms with Crippen LogP contribution in [0.25, 0.3) is 0 Å². The lowest BCUT2D eigenvalue weighted by Gasteiger charge is -2.05. The smallest absolute Gasteiger partial charge is 0.267 e.